The van der Waals surface area contributed by atoms with Gasteiger partial charge in [-0.3, -0.25) is 0 Å². The van der Waals surface area contributed by atoms with Crippen molar-refractivity contribution in [1.82, 2.24) is 9.97 Å². The van der Waals surface area contributed by atoms with Crippen LogP contribution >= 0.6 is 11.8 Å². The third kappa shape index (κ3) is 4.83. The summed E-state index contributed by atoms with van der Waals surface area (Å²) in [6.45, 7) is 5.44. The SMILES string of the molecule is CCNc1cc(N(C)CCOCC2CC2)nc(SC)n1. The zero-order valence-corrected chi connectivity index (χ0v) is 13.4. The molecule has 6 heteroatoms. The Labute approximate surface area is 125 Å². The van der Waals surface area contributed by atoms with E-state index in [1.54, 1.807) is 11.8 Å². The van der Waals surface area contributed by atoms with E-state index >= 15 is 0 Å². The van der Waals surface area contributed by atoms with Crippen LogP contribution in [0.15, 0.2) is 11.2 Å². The van der Waals surface area contributed by atoms with Gasteiger partial charge >= 0.3 is 0 Å². The summed E-state index contributed by atoms with van der Waals surface area (Å²) >= 11 is 1.56. The fourth-order valence-corrected chi connectivity index (χ4v) is 2.20. The van der Waals surface area contributed by atoms with Gasteiger partial charge in [0, 0.05) is 32.8 Å². The Morgan fingerprint density at radius 3 is 2.90 bits per heavy atom. The smallest absolute Gasteiger partial charge is 0.191 e. The van der Waals surface area contributed by atoms with E-state index in [1.165, 1.54) is 12.8 Å². The predicted molar refractivity (Wildman–Crippen MR) is 84.8 cm³/mol. The summed E-state index contributed by atoms with van der Waals surface area (Å²) in [6.07, 6.45) is 4.67. The number of hydrogen-bond donors (Lipinski definition) is 1. The Balaban J connectivity index is 1.88. The summed E-state index contributed by atoms with van der Waals surface area (Å²) in [5.41, 5.74) is 0. The van der Waals surface area contributed by atoms with Gasteiger partial charge in [-0.1, -0.05) is 11.8 Å². The van der Waals surface area contributed by atoms with Gasteiger partial charge in [0.25, 0.3) is 0 Å². The molecule has 1 heterocycles. The number of likely N-dealkylation sites (N-methyl/N-ethyl adjacent to an activating group) is 1. The monoisotopic (exact) mass is 296 g/mol. The molecule has 1 aliphatic carbocycles. The Bertz CT molecular complexity index is 426. The first-order chi connectivity index (χ1) is 9.72. The van der Waals surface area contributed by atoms with Crippen LogP contribution in [-0.4, -0.2) is 49.6 Å². The Morgan fingerprint density at radius 1 is 1.45 bits per heavy atom. The van der Waals surface area contributed by atoms with E-state index in [4.69, 9.17) is 4.74 Å². The predicted octanol–water partition coefficient (Wildman–Crippen LogP) is 2.49. The van der Waals surface area contributed by atoms with Crippen LogP contribution in [0.25, 0.3) is 0 Å². The van der Waals surface area contributed by atoms with Crippen LogP contribution in [-0.2, 0) is 4.74 Å². The molecule has 20 heavy (non-hydrogen) atoms. The lowest BCUT2D eigenvalue weighted by Crippen LogP contribution is -2.24. The molecule has 0 spiro atoms. The van der Waals surface area contributed by atoms with Crippen molar-refractivity contribution in [2.24, 2.45) is 5.92 Å². The standard InChI is InChI=1S/C14H24N4OS/c1-4-15-12-9-13(17-14(16-12)20-3)18(2)7-8-19-10-11-5-6-11/h9,11H,4-8,10H2,1-3H3,(H,15,16,17). The van der Waals surface area contributed by atoms with E-state index in [-0.39, 0.29) is 0 Å². The quantitative estimate of drug-likeness (QED) is 0.429. The molecular formula is C14H24N4OS. The summed E-state index contributed by atoms with van der Waals surface area (Å²) in [4.78, 5) is 11.1. The molecule has 1 aromatic heterocycles. The highest BCUT2D eigenvalue weighted by molar-refractivity contribution is 7.98. The zero-order valence-electron chi connectivity index (χ0n) is 12.6. The Hall–Kier alpha value is -1.01. The highest BCUT2D eigenvalue weighted by atomic mass is 32.2. The zero-order chi connectivity index (χ0) is 14.4. The van der Waals surface area contributed by atoms with E-state index in [1.807, 2.05) is 19.4 Å². The molecule has 112 valence electrons. The van der Waals surface area contributed by atoms with Gasteiger partial charge in [0.15, 0.2) is 5.16 Å². The summed E-state index contributed by atoms with van der Waals surface area (Å²) in [7, 11) is 2.04. The lowest BCUT2D eigenvalue weighted by Gasteiger charge is -2.19. The van der Waals surface area contributed by atoms with Gasteiger partial charge in [-0.05, 0) is 31.9 Å². The Kier molecular flexibility index (Phi) is 5.91. The number of rotatable bonds is 9. The first kappa shape index (κ1) is 15.4. The molecule has 2 rings (SSSR count). The molecular weight excluding hydrogens is 272 g/mol. The number of anilines is 2. The molecule has 0 atom stereocenters. The van der Waals surface area contributed by atoms with E-state index in [0.29, 0.717) is 0 Å². The van der Waals surface area contributed by atoms with Crippen LogP contribution < -0.4 is 10.2 Å². The molecule has 1 fully saturated rings. The average Bonchev–Trinajstić information content (AvgIpc) is 3.27. The van der Waals surface area contributed by atoms with Gasteiger partial charge in [0.1, 0.15) is 11.6 Å². The van der Waals surface area contributed by atoms with Crippen molar-refractivity contribution in [3.8, 4) is 0 Å². The third-order valence-electron chi connectivity index (χ3n) is 3.25. The highest BCUT2D eigenvalue weighted by Gasteiger charge is 2.21. The number of thioether (sulfide) groups is 1. The largest absolute Gasteiger partial charge is 0.379 e. The summed E-state index contributed by atoms with van der Waals surface area (Å²) in [6, 6.07) is 1.99. The fourth-order valence-electron chi connectivity index (χ4n) is 1.82. The van der Waals surface area contributed by atoms with Crippen molar-refractivity contribution in [3.63, 3.8) is 0 Å². The molecule has 0 unspecified atom stereocenters. The molecule has 1 saturated carbocycles. The number of ether oxygens (including phenoxy) is 1. The maximum Gasteiger partial charge on any atom is 0.191 e. The van der Waals surface area contributed by atoms with Crippen LogP contribution in [0.3, 0.4) is 0 Å². The molecule has 0 saturated heterocycles. The average molecular weight is 296 g/mol. The van der Waals surface area contributed by atoms with Gasteiger partial charge in [-0.25, -0.2) is 9.97 Å². The van der Waals surface area contributed by atoms with E-state index in [2.05, 4.69) is 27.1 Å². The molecule has 1 aliphatic rings. The molecule has 0 radical (unpaired) electrons. The maximum absolute atomic E-state index is 5.68. The van der Waals surface area contributed by atoms with Crippen LogP contribution in [0.4, 0.5) is 11.6 Å². The number of aromatic nitrogens is 2. The van der Waals surface area contributed by atoms with Gasteiger partial charge < -0.3 is 15.0 Å². The normalized spacial score (nSPS) is 14.3. The highest BCUT2D eigenvalue weighted by Crippen LogP contribution is 2.28. The molecule has 5 nitrogen and oxygen atoms in total. The van der Waals surface area contributed by atoms with Crippen molar-refractivity contribution < 1.29 is 4.74 Å². The Morgan fingerprint density at radius 2 is 2.25 bits per heavy atom. The molecule has 0 aromatic carbocycles. The number of nitrogens with one attached hydrogen (secondary N) is 1. The van der Waals surface area contributed by atoms with Crippen LogP contribution in [0.1, 0.15) is 19.8 Å². The van der Waals surface area contributed by atoms with E-state index in [9.17, 15) is 0 Å². The minimum Gasteiger partial charge on any atom is -0.379 e. The first-order valence-corrected chi connectivity index (χ1v) is 8.41. The molecule has 0 bridgehead atoms. The van der Waals surface area contributed by atoms with Crippen LogP contribution in [0.5, 0.6) is 0 Å². The lowest BCUT2D eigenvalue weighted by atomic mass is 10.4. The molecule has 1 N–H and O–H groups in total. The molecule has 1 aromatic rings. The second-order valence-electron chi connectivity index (χ2n) is 5.07. The topological polar surface area (TPSA) is 50.3 Å². The summed E-state index contributed by atoms with van der Waals surface area (Å²) in [5, 5.41) is 4.04. The number of nitrogens with zero attached hydrogens (tertiary/aromatic N) is 3. The minimum absolute atomic E-state index is 0.752. The van der Waals surface area contributed by atoms with Gasteiger partial charge in [-0.15, -0.1) is 0 Å². The second-order valence-corrected chi connectivity index (χ2v) is 5.84. The minimum atomic E-state index is 0.752. The van der Waals surface area contributed by atoms with Crippen molar-refractivity contribution in [3.05, 3.63) is 6.07 Å². The molecule has 0 aliphatic heterocycles. The lowest BCUT2D eigenvalue weighted by molar-refractivity contribution is 0.130. The van der Waals surface area contributed by atoms with Gasteiger partial charge in [-0.2, -0.15) is 0 Å². The maximum atomic E-state index is 5.68. The summed E-state index contributed by atoms with van der Waals surface area (Å²) < 4.78 is 5.68. The van der Waals surface area contributed by atoms with Crippen molar-refractivity contribution in [2.45, 2.75) is 24.9 Å². The fraction of sp³-hybridized carbons (Fsp3) is 0.714. The van der Waals surface area contributed by atoms with E-state index < -0.39 is 0 Å². The number of hydrogen-bond acceptors (Lipinski definition) is 6. The first-order valence-electron chi connectivity index (χ1n) is 7.18. The van der Waals surface area contributed by atoms with Crippen LogP contribution in [0.2, 0.25) is 0 Å². The van der Waals surface area contributed by atoms with Crippen molar-refractivity contribution in [2.75, 3.05) is 49.8 Å². The molecule has 0 amide bonds. The van der Waals surface area contributed by atoms with Crippen LogP contribution in [0, 0.1) is 5.92 Å². The van der Waals surface area contributed by atoms with Gasteiger partial charge in [0.05, 0.1) is 6.61 Å². The third-order valence-corrected chi connectivity index (χ3v) is 3.79. The second kappa shape index (κ2) is 7.69. The van der Waals surface area contributed by atoms with Gasteiger partial charge in [0.2, 0.25) is 0 Å². The van der Waals surface area contributed by atoms with E-state index in [0.717, 1.165) is 49.0 Å². The van der Waals surface area contributed by atoms with Crippen molar-refractivity contribution in [1.29, 1.82) is 0 Å². The van der Waals surface area contributed by atoms with Crippen molar-refractivity contribution >= 4 is 23.4 Å². The summed E-state index contributed by atoms with van der Waals surface area (Å²) in [5.74, 6) is 2.64.